The van der Waals surface area contributed by atoms with E-state index in [9.17, 15) is 0 Å². The Morgan fingerprint density at radius 1 is 0.692 bits per heavy atom. The predicted molar refractivity (Wildman–Crippen MR) is 63.9 cm³/mol. The van der Waals surface area contributed by atoms with E-state index in [1.807, 2.05) is 0 Å². The summed E-state index contributed by atoms with van der Waals surface area (Å²) in [6.07, 6.45) is 0.391. The van der Waals surface area contributed by atoms with Crippen LogP contribution in [0.15, 0.2) is 0 Å². The van der Waals surface area contributed by atoms with Crippen LogP contribution in [0, 0.1) is 0 Å². The lowest BCUT2D eigenvalue weighted by Crippen LogP contribution is -2.28. The molecular weight excluding hydrogens is 297 g/mol. The fourth-order valence-electron chi connectivity index (χ4n) is 0.971. The third kappa shape index (κ3) is 10.0. The molecule has 0 N–H and O–H groups in total. The molecule has 0 saturated carbocycles. The minimum atomic E-state index is -1.11. The highest BCUT2D eigenvalue weighted by atomic mass is 35.5. The van der Waals surface area contributed by atoms with Crippen molar-refractivity contribution in [3.8, 4) is 0 Å². The zero-order chi connectivity index (χ0) is 10.9. The Kier molecular flexibility index (Phi) is 5.35. The molecule has 0 aromatic heterocycles. The Bertz CT molecular complexity index is 145. The normalized spacial score (nSPS) is 14.8. The highest BCUT2D eigenvalue weighted by molar-refractivity contribution is 6.54. The van der Waals surface area contributed by atoms with Crippen molar-refractivity contribution in [2.24, 2.45) is 0 Å². The maximum atomic E-state index is 5.93. The van der Waals surface area contributed by atoms with E-state index in [1.165, 1.54) is 0 Å². The summed E-state index contributed by atoms with van der Waals surface area (Å²) in [5.74, 6) is 0. The van der Waals surface area contributed by atoms with Crippen molar-refractivity contribution < 1.29 is 0 Å². The number of halogens is 6. The quantitative estimate of drug-likeness (QED) is 0.616. The van der Waals surface area contributed by atoms with Gasteiger partial charge in [0.2, 0.25) is 0 Å². The van der Waals surface area contributed by atoms with Gasteiger partial charge in [0.15, 0.2) is 0 Å². The Hall–Kier alpha value is 1.74. The van der Waals surface area contributed by atoms with Crippen LogP contribution in [0.25, 0.3) is 0 Å². The van der Waals surface area contributed by atoms with Crippen molar-refractivity contribution in [1.82, 2.24) is 0 Å². The molecule has 0 rings (SSSR count). The fourth-order valence-corrected chi connectivity index (χ4v) is 3.50. The van der Waals surface area contributed by atoms with Crippen LogP contribution in [0.4, 0.5) is 0 Å². The molecule has 0 aliphatic heterocycles. The van der Waals surface area contributed by atoms with Gasteiger partial charge >= 0.3 is 0 Å². The van der Waals surface area contributed by atoms with Crippen molar-refractivity contribution in [2.45, 2.75) is 39.7 Å². The zero-order valence-corrected chi connectivity index (χ0v) is 11.7. The number of alkyl halides is 6. The van der Waals surface area contributed by atoms with Crippen LogP contribution >= 0.6 is 69.6 Å². The first-order valence-corrected chi connectivity index (χ1v) is 5.82. The standard InChI is InChI=1S/C7H10Cl6/c1-5(8,9)3-7(12,13)4-6(2,10)11/h3-4H2,1-2H3. The minimum Gasteiger partial charge on any atom is -0.102 e. The number of hydrogen-bond donors (Lipinski definition) is 0. The molecule has 0 aliphatic carbocycles. The molecule has 0 radical (unpaired) electrons. The summed E-state index contributed by atoms with van der Waals surface area (Å²) >= 11 is 34.9. The molecule has 0 fully saturated rings. The summed E-state index contributed by atoms with van der Waals surface area (Å²) in [7, 11) is 0. The maximum Gasteiger partial charge on any atom is 0.124 e. The van der Waals surface area contributed by atoms with Gasteiger partial charge in [-0.2, -0.15) is 0 Å². The van der Waals surface area contributed by atoms with Crippen molar-refractivity contribution in [3.05, 3.63) is 0 Å². The molecular formula is C7H10Cl6. The van der Waals surface area contributed by atoms with Crippen LogP contribution < -0.4 is 0 Å². The van der Waals surface area contributed by atoms with Gasteiger partial charge in [-0.05, 0) is 13.8 Å². The van der Waals surface area contributed by atoms with E-state index in [2.05, 4.69) is 0 Å². The van der Waals surface area contributed by atoms with Gasteiger partial charge in [0.25, 0.3) is 0 Å². The minimum absolute atomic E-state index is 0.196. The van der Waals surface area contributed by atoms with Crippen molar-refractivity contribution in [3.63, 3.8) is 0 Å². The van der Waals surface area contributed by atoms with Crippen LogP contribution in [0.5, 0.6) is 0 Å². The Labute approximate surface area is 109 Å². The molecule has 0 amide bonds. The largest absolute Gasteiger partial charge is 0.124 e. The second kappa shape index (κ2) is 4.72. The van der Waals surface area contributed by atoms with Crippen LogP contribution in [0.1, 0.15) is 26.7 Å². The molecule has 0 heterocycles. The van der Waals surface area contributed by atoms with E-state index in [1.54, 1.807) is 13.8 Å². The van der Waals surface area contributed by atoms with Crippen LogP contribution in [-0.2, 0) is 0 Å². The molecule has 80 valence electrons. The number of hydrogen-bond acceptors (Lipinski definition) is 0. The summed E-state index contributed by atoms with van der Waals surface area (Å²) in [6, 6.07) is 0. The smallest absolute Gasteiger partial charge is 0.102 e. The van der Waals surface area contributed by atoms with Gasteiger partial charge in [-0.25, -0.2) is 0 Å². The first kappa shape index (κ1) is 14.7. The summed E-state index contributed by atoms with van der Waals surface area (Å²) in [5, 5.41) is 0. The van der Waals surface area contributed by atoms with Gasteiger partial charge in [0.1, 0.15) is 13.0 Å². The van der Waals surface area contributed by atoms with E-state index in [0.717, 1.165) is 0 Å². The van der Waals surface area contributed by atoms with E-state index >= 15 is 0 Å². The third-order valence-electron chi connectivity index (χ3n) is 1.14. The first-order chi connectivity index (χ1) is 5.41. The van der Waals surface area contributed by atoms with Crippen LogP contribution in [0.2, 0.25) is 0 Å². The van der Waals surface area contributed by atoms with Gasteiger partial charge in [0, 0.05) is 12.8 Å². The fraction of sp³-hybridized carbons (Fsp3) is 1.00. The Balaban J connectivity index is 4.25. The molecule has 0 unspecified atom stereocenters. The van der Waals surface area contributed by atoms with Gasteiger partial charge in [-0.1, -0.05) is 0 Å². The maximum absolute atomic E-state index is 5.93. The lowest BCUT2D eigenvalue weighted by Gasteiger charge is -2.28. The summed E-state index contributed by atoms with van der Waals surface area (Å²) < 4.78 is -3.08. The van der Waals surface area contributed by atoms with Gasteiger partial charge < -0.3 is 0 Å². The molecule has 0 aliphatic rings. The van der Waals surface area contributed by atoms with Crippen LogP contribution in [-0.4, -0.2) is 13.0 Å². The average molecular weight is 307 g/mol. The van der Waals surface area contributed by atoms with E-state index in [-0.39, 0.29) is 12.8 Å². The lowest BCUT2D eigenvalue weighted by atomic mass is 10.1. The van der Waals surface area contributed by atoms with E-state index < -0.39 is 13.0 Å². The summed E-state index contributed by atoms with van der Waals surface area (Å²) in [4.78, 5) is 0. The van der Waals surface area contributed by atoms with Gasteiger partial charge in [0.05, 0.1) is 0 Å². The van der Waals surface area contributed by atoms with Gasteiger partial charge in [-0.15, -0.1) is 69.6 Å². The molecule has 0 bridgehead atoms. The average Bonchev–Trinajstić information content (AvgIpc) is 1.43. The van der Waals surface area contributed by atoms with Crippen molar-refractivity contribution in [2.75, 3.05) is 0 Å². The molecule has 0 atom stereocenters. The predicted octanol–water partition coefficient (Wildman–Crippen LogP) is 5.33. The molecule has 0 spiro atoms. The van der Waals surface area contributed by atoms with Crippen molar-refractivity contribution >= 4 is 69.6 Å². The topological polar surface area (TPSA) is 0 Å². The molecule has 0 saturated heterocycles. The third-order valence-corrected chi connectivity index (χ3v) is 2.21. The first-order valence-electron chi connectivity index (χ1n) is 3.55. The molecule has 0 aromatic carbocycles. The monoisotopic (exact) mass is 304 g/mol. The molecule has 6 heteroatoms. The van der Waals surface area contributed by atoms with E-state index in [0.29, 0.717) is 0 Å². The second-order valence-electron chi connectivity index (χ2n) is 3.35. The Morgan fingerprint density at radius 2 is 0.923 bits per heavy atom. The van der Waals surface area contributed by atoms with Crippen LogP contribution in [0.3, 0.4) is 0 Å². The zero-order valence-electron chi connectivity index (χ0n) is 7.18. The second-order valence-corrected chi connectivity index (χ2v) is 8.71. The summed E-state index contributed by atoms with van der Waals surface area (Å²) in [6.45, 7) is 3.21. The number of rotatable bonds is 4. The Morgan fingerprint density at radius 3 is 1.08 bits per heavy atom. The molecule has 0 nitrogen and oxygen atoms in total. The van der Waals surface area contributed by atoms with E-state index in [4.69, 9.17) is 69.6 Å². The lowest BCUT2D eigenvalue weighted by molar-refractivity contribution is 0.580. The summed E-state index contributed by atoms with van der Waals surface area (Å²) in [5.41, 5.74) is 0. The van der Waals surface area contributed by atoms with Gasteiger partial charge in [-0.3, -0.25) is 0 Å². The highest BCUT2D eigenvalue weighted by Gasteiger charge is 2.38. The highest BCUT2D eigenvalue weighted by Crippen LogP contribution is 2.44. The SMILES string of the molecule is CC(Cl)(Cl)CC(Cl)(Cl)CC(C)(Cl)Cl. The molecule has 0 aromatic rings. The van der Waals surface area contributed by atoms with Crippen molar-refractivity contribution in [1.29, 1.82) is 0 Å². The molecule has 13 heavy (non-hydrogen) atoms.